The van der Waals surface area contributed by atoms with Crippen molar-refractivity contribution >= 4 is 5.65 Å². The number of hydrogen-bond acceptors (Lipinski definition) is 4. The first-order chi connectivity index (χ1) is 10.2. The summed E-state index contributed by atoms with van der Waals surface area (Å²) in [5, 5.41) is 0. The molecule has 0 bridgehead atoms. The van der Waals surface area contributed by atoms with Gasteiger partial charge in [0.1, 0.15) is 5.65 Å². The lowest BCUT2D eigenvalue weighted by Crippen LogP contribution is -2.46. The lowest BCUT2D eigenvalue weighted by atomic mass is 9.90. The second-order valence-electron chi connectivity index (χ2n) is 5.87. The largest absolute Gasteiger partial charge is 0.327 e. The highest BCUT2D eigenvalue weighted by Crippen LogP contribution is 2.19. The molecule has 0 spiro atoms. The summed E-state index contributed by atoms with van der Waals surface area (Å²) in [6.45, 7) is 4.89. The highest BCUT2D eigenvalue weighted by molar-refractivity contribution is 5.37. The van der Waals surface area contributed by atoms with E-state index in [0.717, 1.165) is 38.2 Å². The van der Waals surface area contributed by atoms with E-state index in [0.29, 0.717) is 17.6 Å². The molecule has 3 heterocycles. The number of rotatable bonds is 3. The van der Waals surface area contributed by atoms with Gasteiger partial charge in [-0.05, 0) is 24.5 Å². The van der Waals surface area contributed by atoms with E-state index in [1.165, 1.54) is 0 Å². The Labute approximate surface area is 124 Å². The Bertz CT molecular complexity index is 681. The molecule has 0 amide bonds. The zero-order valence-corrected chi connectivity index (χ0v) is 12.4. The molecule has 5 heteroatoms. The van der Waals surface area contributed by atoms with Crippen molar-refractivity contribution in [1.82, 2.24) is 14.3 Å². The Morgan fingerprint density at radius 2 is 2.29 bits per heavy atom. The molecule has 2 aromatic rings. The van der Waals surface area contributed by atoms with Crippen molar-refractivity contribution in [2.45, 2.75) is 32.4 Å². The Morgan fingerprint density at radius 3 is 3.10 bits per heavy atom. The summed E-state index contributed by atoms with van der Waals surface area (Å²) in [7, 11) is 0. The molecule has 1 saturated heterocycles. The zero-order chi connectivity index (χ0) is 14.8. The van der Waals surface area contributed by atoms with Crippen LogP contribution < -0.4 is 11.3 Å². The number of hydrogen-bond donors (Lipinski definition) is 1. The monoisotopic (exact) mass is 286 g/mol. The lowest BCUT2D eigenvalue weighted by molar-refractivity contribution is 0.144. The Morgan fingerprint density at radius 1 is 1.43 bits per heavy atom. The fraction of sp³-hybridized carbons (Fsp3) is 0.500. The van der Waals surface area contributed by atoms with Gasteiger partial charge in [0, 0.05) is 37.9 Å². The predicted octanol–water partition coefficient (Wildman–Crippen LogP) is 1.25. The van der Waals surface area contributed by atoms with Gasteiger partial charge in [-0.1, -0.05) is 19.4 Å². The molecule has 3 rings (SSSR count). The first-order valence-corrected chi connectivity index (χ1v) is 7.62. The van der Waals surface area contributed by atoms with E-state index in [9.17, 15) is 4.79 Å². The zero-order valence-electron chi connectivity index (χ0n) is 12.4. The first-order valence-electron chi connectivity index (χ1n) is 7.62. The van der Waals surface area contributed by atoms with Gasteiger partial charge in [-0.2, -0.15) is 0 Å². The summed E-state index contributed by atoms with van der Waals surface area (Å²) in [5.41, 5.74) is 7.68. The summed E-state index contributed by atoms with van der Waals surface area (Å²) < 4.78 is 1.57. The van der Waals surface area contributed by atoms with Crippen LogP contribution in [0.1, 0.15) is 25.5 Å². The van der Waals surface area contributed by atoms with Crippen molar-refractivity contribution in [3.8, 4) is 0 Å². The summed E-state index contributed by atoms with van der Waals surface area (Å²) >= 11 is 0. The molecule has 2 atom stereocenters. The molecule has 21 heavy (non-hydrogen) atoms. The quantitative estimate of drug-likeness (QED) is 0.922. The third-order valence-electron chi connectivity index (χ3n) is 4.41. The maximum absolute atomic E-state index is 12.1. The molecule has 0 radical (unpaired) electrons. The number of nitrogens with two attached hydrogens (primary N) is 1. The van der Waals surface area contributed by atoms with Gasteiger partial charge in [-0.3, -0.25) is 14.1 Å². The molecule has 0 aromatic carbocycles. The van der Waals surface area contributed by atoms with Gasteiger partial charge in [0.25, 0.3) is 5.56 Å². The molecule has 1 aliphatic rings. The number of pyridine rings is 1. The fourth-order valence-electron chi connectivity index (χ4n) is 3.11. The summed E-state index contributed by atoms with van der Waals surface area (Å²) in [6.07, 6.45) is 3.87. The van der Waals surface area contributed by atoms with Gasteiger partial charge in [0.2, 0.25) is 0 Å². The molecule has 5 nitrogen and oxygen atoms in total. The molecule has 2 unspecified atom stereocenters. The molecule has 1 fully saturated rings. The molecule has 0 aliphatic carbocycles. The normalized spacial score (nSPS) is 23.5. The van der Waals surface area contributed by atoms with Crippen LogP contribution in [0.15, 0.2) is 35.3 Å². The maximum Gasteiger partial charge on any atom is 0.258 e. The number of aromatic nitrogens is 2. The highest BCUT2D eigenvalue weighted by Gasteiger charge is 2.25. The van der Waals surface area contributed by atoms with Crippen LogP contribution in [-0.4, -0.2) is 33.4 Å². The first kappa shape index (κ1) is 14.2. The van der Waals surface area contributed by atoms with Gasteiger partial charge in [-0.15, -0.1) is 0 Å². The van der Waals surface area contributed by atoms with Gasteiger partial charge in [-0.25, -0.2) is 4.98 Å². The summed E-state index contributed by atoms with van der Waals surface area (Å²) in [4.78, 5) is 19.0. The van der Waals surface area contributed by atoms with Crippen LogP contribution in [0.4, 0.5) is 0 Å². The fourth-order valence-corrected chi connectivity index (χ4v) is 3.11. The van der Waals surface area contributed by atoms with E-state index in [1.807, 2.05) is 18.2 Å². The highest BCUT2D eigenvalue weighted by atomic mass is 16.1. The third kappa shape index (κ3) is 2.99. The minimum absolute atomic E-state index is 0.0173. The second-order valence-corrected chi connectivity index (χ2v) is 5.87. The van der Waals surface area contributed by atoms with Crippen LogP contribution in [0.5, 0.6) is 0 Å². The van der Waals surface area contributed by atoms with E-state index >= 15 is 0 Å². The molecule has 2 aromatic heterocycles. The number of likely N-dealkylation sites (tertiary alicyclic amines) is 1. The third-order valence-corrected chi connectivity index (χ3v) is 4.41. The van der Waals surface area contributed by atoms with Crippen molar-refractivity contribution in [3.63, 3.8) is 0 Å². The Kier molecular flexibility index (Phi) is 4.03. The van der Waals surface area contributed by atoms with E-state index in [2.05, 4.69) is 16.8 Å². The lowest BCUT2D eigenvalue weighted by Gasteiger charge is -2.36. The van der Waals surface area contributed by atoms with Gasteiger partial charge in [0.15, 0.2) is 0 Å². The minimum atomic E-state index is -0.0173. The van der Waals surface area contributed by atoms with E-state index in [-0.39, 0.29) is 5.56 Å². The van der Waals surface area contributed by atoms with Crippen LogP contribution in [0.3, 0.4) is 0 Å². The van der Waals surface area contributed by atoms with Crippen LogP contribution >= 0.6 is 0 Å². The molecule has 112 valence electrons. The van der Waals surface area contributed by atoms with E-state index in [1.54, 1.807) is 16.7 Å². The predicted molar refractivity (Wildman–Crippen MR) is 83.1 cm³/mol. The van der Waals surface area contributed by atoms with Crippen LogP contribution in [0, 0.1) is 5.92 Å². The molecule has 2 N–H and O–H groups in total. The molecular formula is C16H22N4O. The topological polar surface area (TPSA) is 63.6 Å². The van der Waals surface area contributed by atoms with Crippen molar-refractivity contribution in [2.24, 2.45) is 11.7 Å². The van der Waals surface area contributed by atoms with Crippen molar-refractivity contribution in [3.05, 3.63) is 46.5 Å². The molecular weight excluding hydrogens is 264 g/mol. The van der Waals surface area contributed by atoms with Gasteiger partial charge < -0.3 is 5.73 Å². The number of nitrogens with zero attached hydrogens (tertiary/aromatic N) is 3. The number of fused-ring (bicyclic) bond motifs is 1. The maximum atomic E-state index is 12.1. The van der Waals surface area contributed by atoms with E-state index < -0.39 is 0 Å². The number of piperidine rings is 1. The van der Waals surface area contributed by atoms with Crippen LogP contribution in [0.25, 0.3) is 5.65 Å². The summed E-state index contributed by atoms with van der Waals surface area (Å²) in [6, 6.07) is 7.56. The summed E-state index contributed by atoms with van der Waals surface area (Å²) in [5.74, 6) is 0.542. The van der Waals surface area contributed by atoms with Crippen LogP contribution in [0.2, 0.25) is 0 Å². The minimum Gasteiger partial charge on any atom is -0.327 e. The van der Waals surface area contributed by atoms with Crippen molar-refractivity contribution in [1.29, 1.82) is 0 Å². The van der Waals surface area contributed by atoms with Gasteiger partial charge in [0.05, 0.1) is 5.69 Å². The standard InChI is InChI=1S/C16H22N4O/c1-2-12-10-19(8-6-14(12)17)11-13-9-16(21)20-7-4-3-5-15(20)18-13/h3-5,7,9,12,14H,2,6,8,10-11,17H2,1H3. The van der Waals surface area contributed by atoms with E-state index in [4.69, 9.17) is 5.73 Å². The van der Waals surface area contributed by atoms with Gasteiger partial charge >= 0.3 is 0 Å². The van der Waals surface area contributed by atoms with Crippen molar-refractivity contribution < 1.29 is 0 Å². The Hall–Kier alpha value is -1.72. The second kappa shape index (κ2) is 5.95. The smallest absolute Gasteiger partial charge is 0.258 e. The average Bonchev–Trinajstić information content (AvgIpc) is 2.49. The van der Waals surface area contributed by atoms with Crippen LogP contribution in [-0.2, 0) is 6.54 Å². The molecule has 1 aliphatic heterocycles. The Balaban J connectivity index is 1.80. The average molecular weight is 286 g/mol. The van der Waals surface area contributed by atoms with Crippen molar-refractivity contribution in [2.75, 3.05) is 13.1 Å². The SMILES string of the molecule is CCC1CN(Cc2cc(=O)n3ccccc3n2)CCC1N. The molecule has 0 saturated carbocycles.